The number of hydrogen-bond acceptors (Lipinski definition) is 3. The van der Waals surface area contributed by atoms with Gasteiger partial charge in [-0.15, -0.1) is 0 Å². The topological polar surface area (TPSA) is 48.5 Å². The number of pyridine rings is 1. The lowest BCUT2D eigenvalue weighted by Crippen LogP contribution is -1.99. The zero-order valence-corrected chi connectivity index (χ0v) is 20.4. The fraction of sp³-hybridized carbons (Fsp3) is 0. The van der Waals surface area contributed by atoms with Crippen molar-refractivity contribution in [3.63, 3.8) is 0 Å². The Kier molecular flexibility index (Phi) is 4.45. The molecule has 178 valence electrons. The minimum Gasteiger partial charge on any atom is -0.292 e. The summed E-state index contributed by atoms with van der Waals surface area (Å²) in [4.78, 5) is 15.1. The molecule has 0 N–H and O–H groups in total. The van der Waals surface area contributed by atoms with Crippen LogP contribution >= 0.6 is 0 Å². The number of hydrogen-bond donors (Lipinski definition) is 0. The van der Waals surface area contributed by atoms with Gasteiger partial charge in [0.1, 0.15) is 11.0 Å². The van der Waals surface area contributed by atoms with Crippen molar-refractivity contribution >= 4 is 44.1 Å². The zero-order valence-electron chi connectivity index (χ0n) is 20.4. The number of benzene rings is 4. The molecule has 8 aromatic rings. The lowest BCUT2D eigenvalue weighted by atomic mass is 10.1. The second-order valence-electron chi connectivity index (χ2n) is 9.37. The van der Waals surface area contributed by atoms with Gasteiger partial charge in [0, 0.05) is 33.9 Å². The van der Waals surface area contributed by atoms with Gasteiger partial charge in [-0.05, 0) is 48.5 Å². The molecule has 0 atom stereocenters. The molecule has 4 heterocycles. The van der Waals surface area contributed by atoms with Crippen molar-refractivity contribution in [1.82, 2.24) is 24.1 Å². The average molecular weight is 488 g/mol. The number of fused-ring (bicyclic) bond motifs is 6. The fourth-order valence-corrected chi connectivity index (χ4v) is 5.47. The van der Waals surface area contributed by atoms with Crippen molar-refractivity contribution in [2.45, 2.75) is 0 Å². The van der Waals surface area contributed by atoms with Gasteiger partial charge in [-0.2, -0.15) is 0 Å². The third kappa shape index (κ3) is 3.02. The van der Waals surface area contributed by atoms with Crippen LogP contribution in [0.15, 0.2) is 128 Å². The van der Waals surface area contributed by atoms with Gasteiger partial charge in [0.25, 0.3) is 0 Å². The molecule has 0 bridgehead atoms. The number of nitrogens with zero attached hydrogens (tertiary/aromatic N) is 5. The van der Waals surface area contributed by atoms with Crippen LogP contribution in [0.25, 0.3) is 66.8 Å². The van der Waals surface area contributed by atoms with Gasteiger partial charge < -0.3 is 0 Å². The molecule has 4 aromatic heterocycles. The Morgan fingerprint density at radius 1 is 0.447 bits per heavy atom. The van der Waals surface area contributed by atoms with Crippen LogP contribution in [0.5, 0.6) is 0 Å². The van der Waals surface area contributed by atoms with Gasteiger partial charge in [-0.1, -0.05) is 72.8 Å². The van der Waals surface area contributed by atoms with Crippen molar-refractivity contribution in [2.24, 2.45) is 0 Å². The quantitative estimate of drug-likeness (QED) is 0.256. The summed E-state index contributed by atoms with van der Waals surface area (Å²) in [5.41, 5.74) is 9.80. The first-order valence-electron chi connectivity index (χ1n) is 12.6. The molecule has 0 radical (unpaired) electrons. The largest absolute Gasteiger partial charge is 0.292 e. The van der Waals surface area contributed by atoms with Crippen molar-refractivity contribution in [3.8, 4) is 22.6 Å². The number of rotatable bonds is 3. The highest BCUT2D eigenvalue weighted by molar-refractivity contribution is 6.12. The predicted octanol–water partition coefficient (Wildman–Crippen LogP) is 7.73. The summed E-state index contributed by atoms with van der Waals surface area (Å²) >= 11 is 0. The van der Waals surface area contributed by atoms with E-state index in [2.05, 4.69) is 111 Å². The Labute approximate surface area is 218 Å². The first kappa shape index (κ1) is 20.9. The van der Waals surface area contributed by atoms with Crippen molar-refractivity contribution < 1.29 is 0 Å². The zero-order chi connectivity index (χ0) is 25.1. The Morgan fingerprint density at radius 2 is 1.00 bits per heavy atom. The minimum atomic E-state index is 0.837. The second-order valence-corrected chi connectivity index (χ2v) is 9.37. The third-order valence-corrected chi connectivity index (χ3v) is 7.18. The summed E-state index contributed by atoms with van der Waals surface area (Å²) in [5.74, 6) is 0. The van der Waals surface area contributed by atoms with Crippen LogP contribution in [-0.2, 0) is 0 Å². The molecule has 8 rings (SSSR count). The summed E-state index contributed by atoms with van der Waals surface area (Å²) in [5, 5.41) is 2.18. The average Bonchev–Trinajstić information content (AvgIpc) is 3.49. The van der Waals surface area contributed by atoms with E-state index < -0.39 is 0 Å². The monoisotopic (exact) mass is 487 g/mol. The SMILES string of the molecule is c1ccc(-n2c3ccccc3c3nc4c5ccccc5n(-c5ccc(-c6ccccn6)cc5)c4nc32)cc1. The van der Waals surface area contributed by atoms with Gasteiger partial charge in [-0.25, -0.2) is 9.97 Å². The fourth-order valence-electron chi connectivity index (χ4n) is 5.47. The summed E-state index contributed by atoms with van der Waals surface area (Å²) < 4.78 is 4.43. The lowest BCUT2D eigenvalue weighted by Gasteiger charge is -2.09. The molecular weight excluding hydrogens is 466 g/mol. The Bertz CT molecular complexity index is 2110. The van der Waals surface area contributed by atoms with Crippen LogP contribution in [-0.4, -0.2) is 24.1 Å². The van der Waals surface area contributed by atoms with E-state index in [0.717, 1.165) is 66.8 Å². The first-order chi connectivity index (χ1) is 18.9. The molecule has 0 saturated carbocycles. The van der Waals surface area contributed by atoms with Crippen LogP contribution < -0.4 is 0 Å². The van der Waals surface area contributed by atoms with E-state index >= 15 is 0 Å². The molecule has 0 unspecified atom stereocenters. The highest BCUT2D eigenvalue weighted by Gasteiger charge is 2.20. The summed E-state index contributed by atoms with van der Waals surface area (Å²) in [7, 11) is 0. The standard InChI is InChI=1S/C33H21N5/c1-2-10-23(11-3-1)37-28-15-6-4-12-25(28)30-32(37)36-33-31(35-30)26-13-5-7-16-29(26)38(33)24-19-17-22(18-20-24)27-14-8-9-21-34-27/h1-21H. The molecule has 0 fully saturated rings. The van der Waals surface area contributed by atoms with Gasteiger partial charge in [0.15, 0.2) is 11.3 Å². The normalized spacial score (nSPS) is 11.7. The highest BCUT2D eigenvalue weighted by atomic mass is 15.1. The molecule has 38 heavy (non-hydrogen) atoms. The third-order valence-electron chi connectivity index (χ3n) is 7.18. The Balaban J connectivity index is 1.45. The van der Waals surface area contributed by atoms with Crippen molar-refractivity contribution in [2.75, 3.05) is 0 Å². The smallest absolute Gasteiger partial charge is 0.166 e. The van der Waals surface area contributed by atoms with E-state index in [1.54, 1.807) is 0 Å². The molecule has 0 saturated heterocycles. The molecular formula is C33H21N5. The van der Waals surface area contributed by atoms with Crippen LogP contribution in [0, 0.1) is 0 Å². The molecule has 0 spiro atoms. The van der Waals surface area contributed by atoms with E-state index in [4.69, 9.17) is 9.97 Å². The van der Waals surface area contributed by atoms with Gasteiger partial charge in [0.2, 0.25) is 0 Å². The van der Waals surface area contributed by atoms with Crippen LogP contribution in [0.4, 0.5) is 0 Å². The maximum atomic E-state index is 5.34. The van der Waals surface area contributed by atoms with Crippen molar-refractivity contribution in [3.05, 3.63) is 128 Å². The first-order valence-corrected chi connectivity index (χ1v) is 12.6. The van der Waals surface area contributed by atoms with E-state index in [-0.39, 0.29) is 0 Å². The summed E-state index contributed by atoms with van der Waals surface area (Å²) in [6, 6.07) is 41.7. The molecule has 5 nitrogen and oxygen atoms in total. The molecule has 4 aromatic carbocycles. The lowest BCUT2D eigenvalue weighted by molar-refractivity contribution is 1.10. The summed E-state index contributed by atoms with van der Waals surface area (Å²) in [6.45, 7) is 0. The minimum absolute atomic E-state index is 0.837. The van der Waals surface area contributed by atoms with Crippen LogP contribution in [0.3, 0.4) is 0 Å². The molecule has 0 aliphatic heterocycles. The predicted molar refractivity (Wildman–Crippen MR) is 154 cm³/mol. The Hall–Kier alpha value is -5.29. The van der Waals surface area contributed by atoms with Gasteiger partial charge in [0.05, 0.1) is 16.7 Å². The molecule has 0 aliphatic rings. The summed E-state index contributed by atoms with van der Waals surface area (Å²) in [6.07, 6.45) is 1.82. The van der Waals surface area contributed by atoms with Crippen molar-refractivity contribution in [1.29, 1.82) is 0 Å². The maximum absolute atomic E-state index is 5.34. The van der Waals surface area contributed by atoms with E-state index in [1.807, 2.05) is 30.5 Å². The van der Waals surface area contributed by atoms with Crippen LogP contribution in [0.1, 0.15) is 0 Å². The molecule has 0 aliphatic carbocycles. The van der Waals surface area contributed by atoms with E-state index in [9.17, 15) is 0 Å². The highest BCUT2D eigenvalue weighted by Crippen LogP contribution is 2.35. The Morgan fingerprint density at radius 3 is 1.61 bits per heavy atom. The number of aromatic nitrogens is 5. The number of para-hydroxylation sites is 3. The molecule has 0 amide bonds. The molecule has 5 heteroatoms. The van der Waals surface area contributed by atoms with E-state index in [1.165, 1.54) is 0 Å². The maximum Gasteiger partial charge on any atom is 0.166 e. The van der Waals surface area contributed by atoms with Gasteiger partial charge in [-0.3, -0.25) is 14.1 Å². The second kappa shape index (κ2) is 8.11. The van der Waals surface area contributed by atoms with E-state index in [0.29, 0.717) is 0 Å². The van der Waals surface area contributed by atoms with Gasteiger partial charge >= 0.3 is 0 Å². The van der Waals surface area contributed by atoms with Crippen LogP contribution in [0.2, 0.25) is 0 Å².